The van der Waals surface area contributed by atoms with E-state index in [0.717, 1.165) is 28.8 Å². The van der Waals surface area contributed by atoms with Gasteiger partial charge >= 0.3 is 0 Å². The van der Waals surface area contributed by atoms with E-state index in [-0.39, 0.29) is 5.82 Å². The maximum atomic E-state index is 13.6. The van der Waals surface area contributed by atoms with Crippen molar-refractivity contribution in [2.24, 2.45) is 0 Å². The highest BCUT2D eigenvalue weighted by Gasteiger charge is 2.11. The van der Waals surface area contributed by atoms with E-state index in [1.165, 1.54) is 17.8 Å². The van der Waals surface area contributed by atoms with Gasteiger partial charge in [-0.3, -0.25) is 0 Å². The fraction of sp³-hybridized carbons (Fsp3) is 0.333. The first-order chi connectivity index (χ1) is 10.2. The molecule has 0 amide bonds. The van der Waals surface area contributed by atoms with E-state index in [0.29, 0.717) is 16.5 Å². The van der Waals surface area contributed by atoms with Crippen LogP contribution in [-0.4, -0.2) is 17.0 Å². The summed E-state index contributed by atoms with van der Waals surface area (Å²) in [5.41, 5.74) is 0.987. The normalized spacial score (nSPS) is 10.7. The Kier molecular flexibility index (Phi) is 5.99. The summed E-state index contributed by atoms with van der Waals surface area (Å²) in [5, 5.41) is 3.06. The monoisotopic (exact) mass is 369 g/mol. The molecule has 1 N–H and O–H groups in total. The van der Waals surface area contributed by atoms with Crippen molar-refractivity contribution in [3.63, 3.8) is 0 Å². The Morgan fingerprint density at radius 1 is 1.29 bits per heavy atom. The SMILES string of the molecule is CCCc1nc(CSc2ccccc2F)nc(NC)c1Br. The molecule has 0 atom stereocenters. The van der Waals surface area contributed by atoms with E-state index >= 15 is 0 Å². The summed E-state index contributed by atoms with van der Waals surface area (Å²) in [6, 6.07) is 6.75. The number of hydrogen-bond donors (Lipinski definition) is 1. The molecular weight excluding hydrogens is 353 g/mol. The number of halogens is 2. The molecule has 112 valence electrons. The van der Waals surface area contributed by atoms with Crippen LogP contribution in [-0.2, 0) is 12.2 Å². The molecule has 21 heavy (non-hydrogen) atoms. The Balaban J connectivity index is 2.20. The van der Waals surface area contributed by atoms with Crippen LogP contribution in [0.5, 0.6) is 0 Å². The Bertz CT molecular complexity index is 622. The smallest absolute Gasteiger partial charge is 0.144 e. The number of anilines is 1. The van der Waals surface area contributed by atoms with Gasteiger partial charge in [0, 0.05) is 11.9 Å². The van der Waals surface area contributed by atoms with Crippen molar-refractivity contribution in [1.82, 2.24) is 9.97 Å². The van der Waals surface area contributed by atoms with Crippen LogP contribution in [0.15, 0.2) is 33.6 Å². The molecule has 2 rings (SSSR count). The molecule has 0 spiro atoms. The van der Waals surface area contributed by atoms with Crippen LogP contribution < -0.4 is 5.32 Å². The van der Waals surface area contributed by atoms with E-state index in [2.05, 4.69) is 38.1 Å². The van der Waals surface area contributed by atoms with Crippen molar-refractivity contribution in [2.45, 2.75) is 30.4 Å². The Morgan fingerprint density at radius 2 is 2.05 bits per heavy atom. The van der Waals surface area contributed by atoms with Crippen LogP contribution >= 0.6 is 27.7 Å². The highest BCUT2D eigenvalue weighted by atomic mass is 79.9. The molecule has 0 aliphatic heterocycles. The third-order valence-corrected chi connectivity index (χ3v) is 4.76. The number of nitrogens with zero attached hydrogens (tertiary/aromatic N) is 2. The molecule has 0 saturated heterocycles. The molecule has 2 aromatic rings. The molecule has 6 heteroatoms. The lowest BCUT2D eigenvalue weighted by atomic mass is 10.2. The van der Waals surface area contributed by atoms with Crippen LogP contribution in [0.4, 0.5) is 10.2 Å². The average molecular weight is 370 g/mol. The number of benzene rings is 1. The largest absolute Gasteiger partial charge is 0.372 e. The molecule has 0 fully saturated rings. The Hall–Kier alpha value is -1.14. The predicted octanol–water partition coefficient (Wildman–Crippen LogP) is 4.66. The second-order valence-corrected chi connectivity index (χ2v) is 6.28. The minimum absolute atomic E-state index is 0.206. The van der Waals surface area contributed by atoms with Crippen LogP contribution in [0.2, 0.25) is 0 Å². The molecule has 0 bridgehead atoms. The minimum Gasteiger partial charge on any atom is -0.372 e. The molecule has 1 aromatic carbocycles. The molecule has 1 aromatic heterocycles. The van der Waals surface area contributed by atoms with Crippen molar-refractivity contribution in [1.29, 1.82) is 0 Å². The summed E-state index contributed by atoms with van der Waals surface area (Å²) in [6.07, 6.45) is 1.90. The highest BCUT2D eigenvalue weighted by Crippen LogP contribution is 2.28. The van der Waals surface area contributed by atoms with Gasteiger partial charge in [-0.05, 0) is 34.5 Å². The van der Waals surface area contributed by atoms with E-state index in [1.54, 1.807) is 12.1 Å². The minimum atomic E-state index is -0.206. The molecule has 0 radical (unpaired) electrons. The Morgan fingerprint density at radius 3 is 2.71 bits per heavy atom. The Labute approximate surface area is 136 Å². The van der Waals surface area contributed by atoms with Gasteiger partial charge in [-0.25, -0.2) is 14.4 Å². The highest BCUT2D eigenvalue weighted by molar-refractivity contribution is 9.10. The maximum Gasteiger partial charge on any atom is 0.144 e. The summed E-state index contributed by atoms with van der Waals surface area (Å²) in [6.45, 7) is 2.11. The van der Waals surface area contributed by atoms with Crippen LogP contribution in [0.3, 0.4) is 0 Å². The first-order valence-corrected chi connectivity index (χ1v) is 8.54. The number of rotatable bonds is 6. The van der Waals surface area contributed by atoms with Crippen molar-refractivity contribution < 1.29 is 4.39 Å². The molecule has 0 saturated carbocycles. The predicted molar refractivity (Wildman–Crippen MR) is 89.2 cm³/mol. The van der Waals surface area contributed by atoms with Gasteiger partial charge in [-0.2, -0.15) is 0 Å². The topological polar surface area (TPSA) is 37.8 Å². The standard InChI is InChI=1S/C15H17BrFN3S/c1-3-6-11-14(16)15(18-2)20-13(19-11)9-21-12-8-5-4-7-10(12)17/h4-5,7-8H,3,6,9H2,1-2H3,(H,18,19,20). The lowest BCUT2D eigenvalue weighted by Gasteiger charge is -2.10. The first kappa shape index (κ1) is 16.2. The lowest BCUT2D eigenvalue weighted by molar-refractivity contribution is 0.602. The van der Waals surface area contributed by atoms with E-state index in [9.17, 15) is 4.39 Å². The number of aryl methyl sites for hydroxylation is 1. The summed E-state index contributed by atoms with van der Waals surface area (Å²) in [4.78, 5) is 9.66. The van der Waals surface area contributed by atoms with E-state index in [1.807, 2.05) is 13.1 Å². The van der Waals surface area contributed by atoms with Crippen LogP contribution in [0.1, 0.15) is 24.9 Å². The van der Waals surface area contributed by atoms with Crippen LogP contribution in [0, 0.1) is 5.82 Å². The molecule has 0 unspecified atom stereocenters. The summed E-state index contributed by atoms with van der Waals surface area (Å²) in [5.74, 6) is 1.82. The van der Waals surface area contributed by atoms with Crippen LogP contribution in [0.25, 0.3) is 0 Å². The van der Waals surface area contributed by atoms with Gasteiger partial charge in [0.05, 0.1) is 15.9 Å². The molecule has 1 heterocycles. The second-order valence-electron chi connectivity index (χ2n) is 4.47. The average Bonchev–Trinajstić information content (AvgIpc) is 2.49. The van der Waals surface area contributed by atoms with E-state index < -0.39 is 0 Å². The van der Waals surface area contributed by atoms with Crippen molar-refractivity contribution in [3.05, 3.63) is 46.1 Å². The third-order valence-electron chi connectivity index (χ3n) is 2.88. The van der Waals surface area contributed by atoms with Gasteiger partial charge in [-0.1, -0.05) is 25.5 Å². The molecule has 3 nitrogen and oxygen atoms in total. The summed E-state index contributed by atoms with van der Waals surface area (Å²) >= 11 is 4.94. The van der Waals surface area contributed by atoms with Crippen molar-refractivity contribution in [2.75, 3.05) is 12.4 Å². The lowest BCUT2D eigenvalue weighted by Crippen LogP contribution is -2.05. The zero-order valence-electron chi connectivity index (χ0n) is 12.0. The summed E-state index contributed by atoms with van der Waals surface area (Å²) in [7, 11) is 1.83. The van der Waals surface area contributed by atoms with E-state index in [4.69, 9.17) is 0 Å². The maximum absolute atomic E-state index is 13.6. The number of hydrogen-bond acceptors (Lipinski definition) is 4. The van der Waals surface area contributed by atoms with Crippen molar-refractivity contribution in [3.8, 4) is 0 Å². The van der Waals surface area contributed by atoms with Crippen molar-refractivity contribution >= 4 is 33.5 Å². The fourth-order valence-corrected chi connectivity index (χ4v) is 3.25. The number of nitrogens with one attached hydrogen (secondary N) is 1. The van der Waals surface area contributed by atoms with Gasteiger partial charge in [0.1, 0.15) is 17.5 Å². The molecule has 0 aliphatic carbocycles. The third kappa shape index (κ3) is 4.17. The van der Waals surface area contributed by atoms with Gasteiger partial charge in [-0.15, -0.1) is 11.8 Å². The number of thioether (sulfide) groups is 1. The summed E-state index contributed by atoms with van der Waals surface area (Å²) < 4.78 is 14.5. The van der Waals surface area contributed by atoms with Gasteiger partial charge in [0.15, 0.2) is 0 Å². The second kappa shape index (κ2) is 7.75. The zero-order valence-corrected chi connectivity index (χ0v) is 14.4. The first-order valence-electron chi connectivity index (χ1n) is 6.76. The fourth-order valence-electron chi connectivity index (χ4n) is 1.88. The van der Waals surface area contributed by atoms with Gasteiger partial charge in [0.2, 0.25) is 0 Å². The molecule has 0 aliphatic rings. The van der Waals surface area contributed by atoms with Gasteiger partial charge in [0.25, 0.3) is 0 Å². The zero-order chi connectivity index (χ0) is 15.2. The quantitative estimate of drug-likeness (QED) is 0.751. The van der Waals surface area contributed by atoms with Gasteiger partial charge < -0.3 is 5.32 Å². The molecular formula is C15H17BrFN3S. The number of aromatic nitrogens is 2.